The van der Waals surface area contributed by atoms with Gasteiger partial charge < -0.3 is 0 Å². The first-order valence-corrected chi connectivity index (χ1v) is 3.68. The van der Waals surface area contributed by atoms with Crippen molar-refractivity contribution in [2.45, 2.75) is 0 Å². The Labute approximate surface area is 71.9 Å². The molecule has 1 aromatic rings. The first-order valence-electron chi connectivity index (χ1n) is 3.68. The quantitative estimate of drug-likeness (QED) is 0.600. The number of nitrogens with zero attached hydrogens (tertiary/aromatic N) is 3. The van der Waals surface area contributed by atoms with Crippen molar-refractivity contribution in [1.29, 1.82) is 0 Å². The average Bonchev–Trinajstić information content (AvgIpc) is 2.06. The summed E-state index contributed by atoms with van der Waals surface area (Å²) >= 11 is 0. The van der Waals surface area contributed by atoms with E-state index in [0.717, 1.165) is 11.4 Å². The lowest BCUT2D eigenvalue weighted by Crippen LogP contribution is -1.92. The maximum Gasteiger partial charge on any atom is 0.0815 e. The Bertz CT molecular complexity index is 275. The summed E-state index contributed by atoms with van der Waals surface area (Å²) in [7, 11) is 3.45. The minimum absolute atomic E-state index is 0.856. The van der Waals surface area contributed by atoms with Crippen molar-refractivity contribution < 1.29 is 0 Å². The number of hydrogen-bond donors (Lipinski definition) is 0. The van der Waals surface area contributed by atoms with Crippen molar-refractivity contribution in [3.05, 3.63) is 29.6 Å². The van der Waals surface area contributed by atoms with Gasteiger partial charge in [-0.3, -0.25) is 9.98 Å². The van der Waals surface area contributed by atoms with Crippen molar-refractivity contribution in [3.8, 4) is 0 Å². The van der Waals surface area contributed by atoms with Crippen LogP contribution in [0.25, 0.3) is 0 Å². The van der Waals surface area contributed by atoms with E-state index in [1.165, 1.54) is 0 Å². The monoisotopic (exact) mass is 161 g/mol. The SMILES string of the molecule is C/N=C/c1cccc(/C=N/C)n1. The van der Waals surface area contributed by atoms with Crippen LogP contribution in [0.5, 0.6) is 0 Å². The second kappa shape index (κ2) is 4.38. The van der Waals surface area contributed by atoms with E-state index in [0.29, 0.717) is 0 Å². The molecule has 0 radical (unpaired) electrons. The van der Waals surface area contributed by atoms with Crippen molar-refractivity contribution >= 4 is 12.4 Å². The molecule has 0 aliphatic carbocycles. The molecule has 0 saturated heterocycles. The van der Waals surface area contributed by atoms with Crippen LogP contribution in [0.3, 0.4) is 0 Å². The maximum atomic E-state index is 4.25. The molecule has 0 spiro atoms. The van der Waals surface area contributed by atoms with Crippen LogP contribution >= 0.6 is 0 Å². The van der Waals surface area contributed by atoms with Crippen molar-refractivity contribution in [2.75, 3.05) is 14.1 Å². The van der Waals surface area contributed by atoms with Crippen LogP contribution in [0.15, 0.2) is 28.2 Å². The molecule has 0 amide bonds. The molecule has 1 heterocycles. The summed E-state index contributed by atoms with van der Waals surface area (Å²) < 4.78 is 0. The van der Waals surface area contributed by atoms with E-state index in [2.05, 4.69) is 15.0 Å². The number of aromatic nitrogens is 1. The molecular weight excluding hydrogens is 150 g/mol. The molecule has 1 rings (SSSR count). The van der Waals surface area contributed by atoms with Crippen LogP contribution in [0.2, 0.25) is 0 Å². The van der Waals surface area contributed by atoms with Crippen LogP contribution < -0.4 is 0 Å². The normalized spacial score (nSPS) is 11.5. The fraction of sp³-hybridized carbons (Fsp3) is 0.222. The van der Waals surface area contributed by atoms with E-state index in [-0.39, 0.29) is 0 Å². The zero-order chi connectivity index (χ0) is 8.81. The first-order chi connectivity index (χ1) is 5.86. The van der Waals surface area contributed by atoms with Crippen molar-refractivity contribution in [1.82, 2.24) is 4.98 Å². The third-order valence-electron chi connectivity index (χ3n) is 1.31. The third-order valence-corrected chi connectivity index (χ3v) is 1.31. The second-order valence-electron chi connectivity index (χ2n) is 2.26. The molecule has 0 aromatic carbocycles. The third kappa shape index (κ3) is 2.27. The van der Waals surface area contributed by atoms with Gasteiger partial charge in [-0.25, -0.2) is 4.98 Å². The van der Waals surface area contributed by atoms with Gasteiger partial charge in [-0.2, -0.15) is 0 Å². The zero-order valence-electron chi connectivity index (χ0n) is 7.23. The van der Waals surface area contributed by atoms with E-state index < -0.39 is 0 Å². The molecule has 0 N–H and O–H groups in total. The summed E-state index contributed by atoms with van der Waals surface area (Å²) in [4.78, 5) is 12.0. The highest BCUT2D eigenvalue weighted by atomic mass is 14.8. The number of rotatable bonds is 2. The Morgan fingerprint density at radius 1 is 1.08 bits per heavy atom. The van der Waals surface area contributed by atoms with Gasteiger partial charge in [0, 0.05) is 26.5 Å². The summed E-state index contributed by atoms with van der Waals surface area (Å²) in [6, 6.07) is 5.74. The Morgan fingerprint density at radius 2 is 1.58 bits per heavy atom. The molecule has 0 atom stereocenters. The molecular formula is C9H11N3. The van der Waals surface area contributed by atoms with Gasteiger partial charge in [0.15, 0.2) is 0 Å². The smallest absolute Gasteiger partial charge is 0.0815 e. The van der Waals surface area contributed by atoms with Gasteiger partial charge in [0.25, 0.3) is 0 Å². The number of hydrogen-bond acceptors (Lipinski definition) is 3. The standard InChI is InChI=1S/C9H11N3/c1-10-6-8-4-3-5-9(12-8)7-11-2/h3-7H,1-2H3/b10-6+,11-7+. The Hall–Kier alpha value is -1.51. The van der Waals surface area contributed by atoms with Gasteiger partial charge >= 0.3 is 0 Å². The summed E-state index contributed by atoms with van der Waals surface area (Å²) in [6.07, 6.45) is 3.43. The van der Waals surface area contributed by atoms with Crippen LogP contribution in [0.4, 0.5) is 0 Å². The molecule has 3 heteroatoms. The number of pyridine rings is 1. The molecule has 62 valence electrons. The molecule has 0 unspecified atom stereocenters. The molecule has 3 nitrogen and oxygen atoms in total. The van der Waals surface area contributed by atoms with Gasteiger partial charge in [-0.05, 0) is 12.1 Å². The van der Waals surface area contributed by atoms with E-state index in [9.17, 15) is 0 Å². The first kappa shape index (κ1) is 8.59. The summed E-state index contributed by atoms with van der Waals surface area (Å²) in [5.41, 5.74) is 1.71. The van der Waals surface area contributed by atoms with E-state index in [1.54, 1.807) is 26.5 Å². The highest BCUT2D eigenvalue weighted by Crippen LogP contribution is 1.94. The lowest BCUT2D eigenvalue weighted by atomic mass is 10.3. The van der Waals surface area contributed by atoms with Gasteiger partial charge in [-0.1, -0.05) is 6.07 Å². The predicted molar refractivity (Wildman–Crippen MR) is 51.3 cm³/mol. The van der Waals surface area contributed by atoms with Gasteiger partial charge in [0.2, 0.25) is 0 Å². The largest absolute Gasteiger partial charge is 0.294 e. The fourth-order valence-corrected chi connectivity index (χ4v) is 0.877. The average molecular weight is 161 g/mol. The molecule has 0 fully saturated rings. The zero-order valence-corrected chi connectivity index (χ0v) is 7.23. The van der Waals surface area contributed by atoms with Crippen LogP contribution in [-0.4, -0.2) is 31.5 Å². The molecule has 0 saturated carbocycles. The fourth-order valence-electron chi connectivity index (χ4n) is 0.877. The van der Waals surface area contributed by atoms with Crippen molar-refractivity contribution in [2.24, 2.45) is 9.98 Å². The Balaban J connectivity index is 2.95. The van der Waals surface area contributed by atoms with Crippen LogP contribution in [0, 0.1) is 0 Å². The van der Waals surface area contributed by atoms with Gasteiger partial charge in [-0.15, -0.1) is 0 Å². The van der Waals surface area contributed by atoms with E-state index in [4.69, 9.17) is 0 Å². The molecule has 0 aliphatic heterocycles. The van der Waals surface area contributed by atoms with E-state index >= 15 is 0 Å². The minimum Gasteiger partial charge on any atom is -0.294 e. The van der Waals surface area contributed by atoms with Crippen molar-refractivity contribution in [3.63, 3.8) is 0 Å². The van der Waals surface area contributed by atoms with Gasteiger partial charge in [0.1, 0.15) is 0 Å². The topological polar surface area (TPSA) is 37.6 Å². The second-order valence-corrected chi connectivity index (χ2v) is 2.26. The summed E-state index contributed by atoms with van der Waals surface area (Å²) in [5, 5.41) is 0. The maximum absolute atomic E-state index is 4.25. The van der Waals surface area contributed by atoms with Crippen LogP contribution in [0.1, 0.15) is 11.4 Å². The van der Waals surface area contributed by atoms with Crippen LogP contribution in [-0.2, 0) is 0 Å². The molecule has 0 aliphatic rings. The summed E-state index contributed by atoms with van der Waals surface area (Å²) in [6.45, 7) is 0. The Kier molecular flexibility index (Phi) is 3.14. The Morgan fingerprint density at radius 3 is 2.00 bits per heavy atom. The summed E-state index contributed by atoms with van der Waals surface area (Å²) in [5.74, 6) is 0. The highest BCUT2D eigenvalue weighted by molar-refractivity contribution is 5.81. The number of aliphatic imine (C=N–C) groups is 2. The van der Waals surface area contributed by atoms with Gasteiger partial charge in [0.05, 0.1) is 11.4 Å². The molecule has 12 heavy (non-hydrogen) atoms. The molecule has 1 aromatic heterocycles. The molecule has 0 bridgehead atoms. The lowest BCUT2D eigenvalue weighted by molar-refractivity contribution is 1.26. The highest BCUT2D eigenvalue weighted by Gasteiger charge is 1.90. The predicted octanol–water partition coefficient (Wildman–Crippen LogP) is 1.18. The lowest BCUT2D eigenvalue weighted by Gasteiger charge is -1.93. The minimum atomic E-state index is 0.856. The van der Waals surface area contributed by atoms with E-state index in [1.807, 2.05) is 18.2 Å².